The lowest BCUT2D eigenvalue weighted by atomic mass is 10.1. The number of fused-ring (bicyclic) bond motifs is 1. The highest BCUT2D eigenvalue weighted by Crippen LogP contribution is 2.30. The molecule has 0 bridgehead atoms. The highest BCUT2D eigenvalue weighted by atomic mass is 32.2. The summed E-state index contributed by atoms with van der Waals surface area (Å²) in [4.78, 5) is 0. The Morgan fingerprint density at radius 1 is 1.24 bits per heavy atom. The van der Waals surface area contributed by atoms with Crippen LogP contribution in [0.4, 0.5) is 4.39 Å². The highest BCUT2D eigenvalue weighted by Gasteiger charge is 2.26. The molecule has 7 heteroatoms. The van der Waals surface area contributed by atoms with Gasteiger partial charge >= 0.3 is 0 Å². The second-order valence-corrected chi connectivity index (χ2v) is 6.13. The molecule has 1 aliphatic rings. The van der Waals surface area contributed by atoms with E-state index in [-0.39, 0.29) is 11.9 Å². The van der Waals surface area contributed by atoms with Crippen LogP contribution in [0.15, 0.2) is 34.8 Å². The maximum Gasteiger partial charge on any atom is 0.214 e. The van der Waals surface area contributed by atoms with Gasteiger partial charge in [-0.25, -0.2) is 9.07 Å². The van der Waals surface area contributed by atoms with Crippen LogP contribution in [0.2, 0.25) is 0 Å². The third-order valence-electron chi connectivity index (χ3n) is 3.46. The van der Waals surface area contributed by atoms with Gasteiger partial charge in [0.1, 0.15) is 11.9 Å². The minimum atomic E-state index is -0.244. The number of rotatable bonds is 3. The van der Waals surface area contributed by atoms with Crippen molar-refractivity contribution in [3.63, 3.8) is 0 Å². The molecule has 0 spiro atoms. The molecular weight excluding hydrogens is 289 g/mol. The molecule has 0 amide bonds. The van der Waals surface area contributed by atoms with E-state index >= 15 is 0 Å². The molecule has 0 radical (unpaired) electrons. The summed E-state index contributed by atoms with van der Waals surface area (Å²) < 4.78 is 14.9. The smallest absolute Gasteiger partial charge is 0.214 e. The molecule has 2 heterocycles. The first-order valence-corrected chi connectivity index (χ1v) is 7.62. The van der Waals surface area contributed by atoms with Crippen molar-refractivity contribution in [1.82, 2.24) is 14.9 Å². The fraction of sp³-hybridized carbons (Fsp3) is 0.286. The Hall–Kier alpha value is -1.86. The predicted molar refractivity (Wildman–Crippen MR) is 80.1 cm³/mol. The number of nitrogens with one attached hydrogen (secondary N) is 1. The van der Waals surface area contributed by atoms with E-state index in [2.05, 4.69) is 35.2 Å². The van der Waals surface area contributed by atoms with Crippen molar-refractivity contribution < 1.29 is 10.1 Å². The fourth-order valence-electron chi connectivity index (χ4n) is 2.02. The molecule has 0 fully saturated rings. The molecule has 0 saturated heterocycles. The molecular formula is C14H17FN5S+. The normalized spacial score (nSPS) is 15.4. The molecule has 0 unspecified atom stereocenters. The maximum absolute atomic E-state index is 13.0. The van der Waals surface area contributed by atoms with Crippen molar-refractivity contribution in [1.29, 1.82) is 0 Å². The number of thioether (sulfide) groups is 1. The Bertz CT molecular complexity index is 677. The van der Waals surface area contributed by atoms with Crippen molar-refractivity contribution in [3.8, 4) is 0 Å². The molecule has 2 aromatic rings. The quantitative estimate of drug-likeness (QED) is 0.910. The van der Waals surface area contributed by atoms with Crippen molar-refractivity contribution in [2.24, 2.45) is 5.92 Å². The number of benzene rings is 1. The first-order valence-electron chi connectivity index (χ1n) is 6.74. The third kappa shape index (κ3) is 2.66. The van der Waals surface area contributed by atoms with Crippen LogP contribution in [0.1, 0.15) is 31.3 Å². The molecule has 1 aliphatic heterocycles. The van der Waals surface area contributed by atoms with Crippen LogP contribution in [0, 0.1) is 11.7 Å². The molecule has 4 N–H and O–H groups in total. The Balaban J connectivity index is 1.90. The first-order chi connectivity index (χ1) is 10.1. The van der Waals surface area contributed by atoms with Gasteiger partial charge in [0.05, 0.1) is 5.70 Å². The van der Waals surface area contributed by atoms with E-state index in [1.165, 1.54) is 23.9 Å². The minimum absolute atomic E-state index is 0.0481. The largest absolute Gasteiger partial charge is 0.348 e. The van der Waals surface area contributed by atoms with E-state index in [1.807, 2.05) is 10.1 Å². The average molecular weight is 306 g/mol. The molecule has 1 aromatic heterocycles. The standard InChI is InChI=1S/C14H16FN5S/c1-8(2)12(16)13-17-18-14-20(13)19-11(7-21-14)9-3-5-10(15)6-4-9/h3-8,12,19H,16H2,1-2H3/p+1/t12-/m0/s1. The Morgan fingerprint density at radius 3 is 2.62 bits per heavy atom. The molecule has 3 rings (SSSR count). The van der Waals surface area contributed by atoms with E-state index in [9.17, 15) is 4.39 Å². The zero-order valence-corrected chi connectivity index (χ0v) is 12.7. The van der Waals surface area contributed by atoms with Crippen molar-refractivity contribution in [2.75, 3.05) is 5.43 Å². The summed E-state index contributed by atoms with van der Waals surface area (Å²) in [6.07, 6.45) is 0. The van der Waals surface area contributed by atoms with Crippen LogP contribution in [-0.4, -0.2) is 14.9 Å². The molecule has 5 nitrogen and oxygen atoms in total. The topological polar surface area (TPSA) is 70.4 Å². The summed E-state index contributed by atoms with van der Waals surface area (Å²) in [5.41, 5.74) is 9.25. The van der Waals surface area contributed by atoms with E-state index in [4.69, 9.17) is 0 Å². The lowest BCUT2D eigenvalue weighted by molar-refractivity contribution is -0.440. The number of hydrogen-bond acceptors (Lipinski definition) is 4. The summed E-state index contributed by atoms with van der Waals surface area (Å²) in [7, 11) is 0. The Morgan fingerprint density at radius 2 is 1.95 bits per heavy atom. The van der Waals surface area contributed by atoms with E-state index in [1.54, 1.807) is 12.1 Å². The maximum atomic E-state index is 13.0. The predicted octanol–water partition coefficient (Wildman–Crippen LogP) is 2.00. The zero-order chi connectivity index (χ0) is 15.0. The van der Waals surface area contributed by atoms with E-state index in [0.29, 0.717) is 5.92 Å². The van der Waals surface area contributed by atoms with Gasteiger partial charge in [0.25, 0.3) is 0 Å². The molecule has 110 valence electrons. The van der Waals surface area contributed by atoms with Gasteiger partial charge in [-0.2, -0.15) is 0 Å². The van der Waals surface area contributed by atoms with Gasteiger partial charge in [0, 0.05) is 16.9 Å². The SMILES string of the molecule is CC(C)[C@H]([NH3+])c1nnc2n1NC(c1ccc(F)cc1)=CS2. The lowest BCUT2D eigenvalue weighted by Gasteiger charge is -2.20. The summed E-state index contributed by atoms with van der Waals surface area (Å²) in [5, 5.41) is 11.1. The minimum Gasteiger partial charge on any atom is -0.348 e. The number of aromatic nitrogens is 3. The van der Waals surface area contributed by atoms with Crippen LogP contribution in [-0.2, 0) is 0 Å². The number of hydrogen-bond donors (Lipinski definition) is 2. The van der Waals surface area contributed by atoms with Crippen LogP contribution in [0.5, 0.6) is 0 Å². The average Bonchev–Trinajstić information content (AvgIpc) is 2.90. The van der Waals surface area contributed by atoms with Gasteiger partial charge < -0.3 is 5.73 Å². The first kappa shape index (κ1) is 14.1. The third-order valence-corrected chi connectivity index (χ3v) is 4.29. The summed E-state index contributed by atoms with van der Waals surface area (Å²) in [5.74, 6) is 0.927. The van der Waals surface area contributed by atoms with E-state index in [0.717, 1.165) is 22.2 Å². The fourth-order valence-corrected chi connectivity index (χ4v) is 2.77. The number of halogens is 1. The number of quaternary nitrogens is 1. The lowest BCUT2D eigenvalue weighted by Crippen LogP contribution is -2.57. The van der Waals surface area contributed by atoms with Gasteiger partial charge in [0.15, 0.2) is 0 Å². The molecule has 0 saturated carbocycles. The van der Waals surface area contributed by atoms with Gasteiger partial charge in [0.2, 0.25) is 11.0 Å². The van der Waals surface area contributed by atoms with Gasteiger partial charge in [-0.1, -0.05) is 25.6 Å². The molecule has 0 aliphatic carbocycles. The van der Waals surface area contributed by atoms with Crippen LogP contribution in [0.25, 0.3) is 5.70 Å². The van der Waals surface area contributed by atoms with E-state index < -0.39 is 0 Å². The van der Waals surface area contributed by atoms with Crippen LogP contribution >= 0.6 is 11.8 Å². The van der Waals surface area contributed by atoms with Crippen molar-refractivity contribution >= 4 is 17.5 Å². The molecule has 1 atom stereocenters. The second kappa shape index (κ2) is 5.50. The monoisotopic (exact) mass is 306 g/mol. The zero-order valence-electron chi connectivity index (χ0n) is 11.9. The summed E-state index contributed by atoms with van der Waals surface area (Å²) >= 11 is 1.49. The molecule has 21 heavy (non-hydrogen) atoms. The summed E-state index contributed by atoms with van der Waals surface area (Å²) in [6.45, 7) is 4.21. The van der Waals surface area contributed by atoms with Crippen LogP contribution in [0.3, 0.4) is 0 Å². The van der Waals surface area contributed by atoms with Crippen molar-refractivity contribution in [3.05, 3.63) is 46.9 Å². The van der Waals surface area contributed by atoms with Crippen molar-refractivity contribution in [2.45, 2.75) is 25.0 Å². The number of nitrogens with zero attached hydrogens (tertiary/aromatic N) is 3. The van der Waals surface area contributed by atoms with Gasteiger partial charge in [-0.15, -0.1) is 10.2 Å². The Labute approximate surface area is 126 Å². The summed E-state index contributed by atoms with van der Waals surface area (Å²) in [6, 6.07) is 6.43. The van der Waals surface area contributed by atoms with Crippen LogP contribution < -0.4 is 11.2 Å². The second-order valence-electron chi connectivity index (χ2n) is 5.29. The highest BCUT2D eigenvalue weighted by molar-refractivity contribution is 8.02. The molecule has 1 aromatic carbocycles. The Kier molecular flexibility index (Phi) is 3.69. The van der Waals surface area contributed by atoms with Gasteiger partial charge in [-0.3, -0.25) is 5.43 Å². The van der Waals surface area contributed by atoms with Gasteiger partial charge in [-0.05, 0) is 24.3 Å².